The summed E-state index contributed by atoms with van der Waals surface area (Å²) in [7, 11) is 0. The first-order valence-corrected chi connectivity index (χ1v) is 7.77. The van der Waals surface area contributed by atoms with Crippen LogP contribution in [0.2, 0.25) is 0 Å². The summed E-state index contributed by atoms with van der Waals surface area (Å²) in [6.07, 6.45) is 1.63. The van der Waals surface area contributed by atoms with Gasteiger partial charge in [0, 0.05) is 9.77 Å². The molecule has 9 heteroatoms. The molecule has 0 saturated carbocycles. The Morgan fingerprint density at radius 3 is 2.67 bits per heavy atom. The molecule has 0 aliphatic heterocycles. The number of halogens is 3. The number of hydrogen-bond donors (Lipinski definition) is 3. The predicted molar refractivity (Wildman–Crippen MR) is 99.2 cm³/mol. The van der Waals surface area contributed by atoms with Crippen LogP contribution in [0, 0.1) is 9.39 Å². The number of benzene rings is 1. The summed E-state index contributed by atoms with van der Waals surface area (Å²) in [5, 5.41) is 18.9. The fraction of sp³-hybridized carbons (Fsp3) is 0.200. The number of nitrogens with two attached hydrogens (primary N) is 1. The Morgan fingerprint density at radius 2 is 2.08 bits per heavy atom. The van der Waals surface area contributed by atoms with Gasteiger partial charge in [-0.2, -0.15) is 0 Å². The topological polar surface area (TPSA) is 99.7 Å². The molecule has 1 heterocycles. The van der Waals surface area contributed by atoms with Crippen LogP contribution in [0.5, 0.6) is 0 Å². The first-order chi connectivity index (χ1) is 10.9. The molecule has 0 radical (unpaired) electrons. The Balaban J connectivity index is 0.00000288. The molecule has 0 aliphatic rings. The van der Waals surface area contributed by atoms with Crippen molar-refractivity contribution < 1.29 is 19.4 Å². The highest BCUT2D eigenvalue weighted by Gasteiger charge is 2.22. The first kappa shape index (κ1) is 20.6. The third kappa shape index (κ3) is 4.76. The van der Waals surface area contributed by atoms with Crippen molar-refractivity contribution in [3.05, 3.63) is 51.6 Å². The molecule has 2 rings (SSSR count). The number of pyridine rings is 1. The fourth-order valence-corrected chi connectivity index (χ4v) is 2.56. The molecule has 6 nitrogen and oxygen atoms in total. The number of aliphatic hydroxyl groups excluding tert-OH is 2. The maximum Gasteiger partial charge on any atom is 0.250 e. The van der Waals surface area contributed by atoms with Crippen LogP contribution in [0.3, 0.4) is 0 Å². The zero-order valence-corrected chi connectivity index (χ0v) is 15.4. The van der Waals surface area contributed by atoms with Crippen molar-refractivity contribution in [1.29, 1.82) is 0 Å². The number of hydrogen-bond acceptors (Lipinski definition) is 5. The van der Waals surface area contributed by atoms with Crippen molar-refractivity contribution in [2.45, 2.75) is 6.10 Å². The molecule has 24 heavy (non-hydrogen) atoms. The maximum absolute atomic E-state index is 14.3. The lowest BCUT2D eigenvalue weighted by molar-refractivity contribution is 0.0993. The van der Waals surface area contributed by atoms with Crippen molar-refractivity contribution in [2.75, 3.05) is 18.1 Å². The average molecular weight is 468 g/mol. The van der Waals surface area contributed by atoms with E-state index >= 15 is 0 Å². The van der Waals surface area contributed by atoms with E-state index in [-0.39, 0.29) is 35.9 Å². The summed E-state index contributed by atoms with van der Waals surface area (Å²) in [5.41, 5.74) is 5.90. The number of aromatic nitrogens is 1. The molecule has 2 aromatic rings. The normalized spacial score (nSPS) is 11.5. The summed E-state index contributed by atoms with van der Waals surface area (Å²) in [6, 6.07) is 5.96. The number of carbonyl (C=O) groups excluding carboxylic acids is 1. The minimum absolute atomic E-state index is 0. The van der Waals surface area contributed by atoms with Gasteiger partial charge in [0.1, 0.15) is 5.82 Å². The van der Waals surface area contributed by atoms with E-state index < -0.39 is 24.4 Å². The number of carbonyl (C=O) groups is 1. The van der Waals surface area contributed by atoms with E-state index in [1.165, 1.54) is 35.5 Å². The van der Waals surface area contributed by atoms with E-state index in [1.807, 2.05) is 22.6 Å². The van der Waals surface area contributed by atoms with Gasteiger partial charge in [-0.25, -0.2) is 4.39 Å². The quantitative estimate of drug-likeness (QED) is 0.563. The van der Waals surface area contributed by atoms with Crippen LogP contribution >= 0.6 is 35.0 Å². The van der Waals surface area contributed by atoms with Gasteiger partial charge in [-0.05, 0) is 46.9 Å². The molecular weight excluding hydrogens is 452 g/mol. The number of rotatable bonds is 6. The number of anilines is 2. The Morgan fingerprint density at radius 1 is 1.38 bits per heavy atom. The summed E-state index contributed by atoms with van der Waals surface area (Å²) in [5.74, 6) is -1.22. The van der Waals surface area contributed by atoms with Crippen LogP contribution in [-0.2, 0) is 0 Å². The smallest absolute Gasteiger partial charge is 0.250 e. The largest absolute Gasteiger partial charge is 0.394 e. The summed E-state index contributed by atoms with van der Waals surface area (Å²) in [4.78, 5) is 16.9. The molecule has 1 amide bonds. The van der Waals surface area contributed by atoms with E-state index in [9.17, 15) is 14.3 Å². The molecule has 0 spiro atoms. The molecule has 0 aliphatic carbocycles. The Kier molecular flexibility index (Phi) is 7.80. The highest BCUT2D eigenvalue weighted by molar-refractivity contribution is 14.1. The number of amides is 1. The molecule has 1 aromatic heterocycles. The Labute approximate surface area is 158 Å². The van der Waals surface area contributed by atoms with Crippen LogP contribution in [0.4, 0.5) is 15.8 Å². The van der Waals surface area contributed by atoms with Gasteiger partial charge in [0.2, 0.25) is 0 Å². The van der Waals surface area contributed by atoms with Crippen molar-refractivity contribution in [3.8, 4) is 0 Å². The molecule has 4 N–H and O–H groups in total. The number of nitrogens with zero attached hydrogens (tertiary/aromatic N) is 2. The summed E-state index contributed by atoms with van der Waals surface area (Å²) >= 11 is 1.98. The standard InChI is InChI=1S/C15H15FIN3O3.ClH/c16-12-5-9(17)1-2-13(12)20(7-10(22)8-21)14-6-19-4-3-11(14)15(18)23;/h1-6,10,21-22H,7-8H2,(H2,18,23);1H/t10-;/m0./s1. The second-order valence-electron chi connectivity index (χ2n) is 4.80. The van der Waals surface area contributed by atoms with Gasteiger partial charge >= 0.3 is 0 Å². The first-order valence-electron chi connectivity index (χ1n) is 6.69. The van der Waals surface area contributed by atoms with Gasteiger partial charge in [0.25, 0.3) is 5.91 Å². The van der Waals surface area contributed by atoms with Crippen molar-refractivity contribution in [2.24, 2.45) is 5.73 Å². The van der Waals surface area contributed by atoms with Gasteiger partial charge in [0.15, 0.2) is 0 Å². The minimum atomic E-state index is -1.13. The zero-order valence-electron chi connectivity index (χ0n) is 12.4. The molecule has 130 valence electrons. The van der Waals surface area contributed by atoms with E-state index in [0.29, 0.717) is 3.57 Å². The van der Waals surface area contributed by atoms with Gasteiger partial charge in [-0.3, -0.25) is 9.78 Å². The lowest BCUT2D eigenvalue weighted by Crippen LogP contribution is -2.33. The van der Waals surface area contributed by atoms with Gasteiger partial charge in [-0.1, -0.05) is 0 Å². The summed E-state index contributed by atoms with van der Waals surface area (Å²) < 4.78 is 15.0. The fourth-order valence-electron chi connectivity index (χ4n) is 2.10. The molecule has 0 fully saturated rings. The highest BCUT2D eigenvalue weighted by atomic mass is 127. The lowest BCUT2D eigenvalue weighted by atomic mass is 10.1. The number of primary amides is 1. The maximum atomic E-state index is 14.3. The van der Waals surface area contributed by atoms with Gasteiger partial charge < -0.3 is 20.8 Å². The van der Waals surface area contributed by atoms with E-state index in [1.54, 1.807) is 6.07 Å². The molecular formula is C15H16ClFIN3O3. The third-order valence-corrected chi connectivity index (χ3v) is 3.83. The molecule has 1 aromatic carbocycles. The molecule has 1 atom stereocenters. The summed E-state index contributed by atoms with van der Waals surface area (Å²) in [6.45, 7) is -0.630. The second-order valence-corrected chi connectivity index (χ2v) is 6.05. The van der Waals surface area contributed by atoms with E-state index in [4.69, 9.17) is 10.8 Å². The Hall–Kier alpha value is -1.49. The lowest BCUT2D eigenvalue weighted by Gasteiger charge is -2.28. The van der Waals surface area contributed by atoms with Gasteiger partial charge in [-0.15, -0.1) is 12.4 Å². The molecule has 0 saturated heterocycles. The van der Waals surface area contributed by atoms with Crippen molar-refractivity contribution in [1.82, 2.24) is 4.98 Å². The van der Waals surface area contributed by atoms with Crippen LogP contribution in [0.15, 0.2) is 36.7 Å². The average Bonchev–Trinajstić information content (AvgIpc) is 2.53. The predicted octanol–water partition coefficient (Wildman–Crippen LogP) is 1.84. The van der Waals surface area contributed by atoms with E-state index in [2.05, 4.69) is 4.98 Å². The zero-order chi connectivity index (χ0) is 17.0. The molecule has 0 bridgehead atoms. The van der Waals surface area contributed by atoms with Gasteiger partial charge in [0.05, 0.1) is 42.4 Å². The van der Waals surface area contributed by atoms with E-state index in [0.717, 1.165) is 0 Å². The Bertz CT molecular complexity index is 720. The number of aliphatic hydroxyl groups is 2. The highest BCUT2D eigenvalue weighted by Crippen LogP contribution is 2.31. The minimum Gasteiger partial charge on any atom is -0.394 e. The van der Waals surface area contributed by atoms with Crippen LogP contribution in [-0.4, -0.2) is 40.4 Å². The van der Waals surface area contributed by atoms with Crippen molar-refractivity contribution >= 4 is 52.3 Å². The molecule has 0 unspecified atom stereocenters. The van der Waals surface area contributed by atoms with Crippen LogP contribution in [0.1, 0.15) is 10.4 Å². The monoisotopic (exact) mass is 467 g/mol. The second kappa shape index (κ2) is 9.11. The third-order valence-electron chi connectivity index (χ3n) is 3.16. The van der Waals surface area contributed by atoms with Crippen molar-refractivity contribution in [3.63, 3.8) is 0 Å². The van der Waals surface area contributed by atoms with Crippen LogP contribution in [0.25, 0.3) is 0 Å². The van der Waals surface area contributed by atoms with Crippen LogP contribution < -0.4 is 10.6 Å². The SMILES string of the molecule is Cl.NC(=O)c1ccncc1N(C[C@H](O)CO)c1ccc(I)cc1F.